The first kappa shape index (κ1) is 16.8. The van der Waals surface area contributed by atoms with Crippen LogP contribution in [0.2, 0.25) is 0 Å². The maximum absolute atomic E-state index is 12.0. The summed E-state index contributed by atoms with van der Waals surface area (Å²) in [7, 11) is 0. The minimum absolute atomic E-state index is 0.191. The van der Waals surface area contributed by atoms with Gasteiger partial charge in [0.2, 0.25) is 0 Å². The van der Waals surface area contributed by atoms with Gasteiger partial charge in [0.05, 0.1) is 0 Å². The zero-order valence-electron chi connectivity index (χ0n) is 12.0. The molecule has 0 aliphatic rings. The van der Waals surface area contributed by atoms with Gasteiger partial charge in [-0.3, -0.25) is 9.78 Å². The van der Waals surface area contributed by atoms with Crippen LogP contribution in [-0.4, -0.2) is 43.9 Å². The largest absolute Gasteiger partial charge is 0.505 e. The van der Waals surface area contributed by atoms with Crippen molar-refractivity contribution in [3.8, 4) is 5.75 Å². The highest BCUT2D eigenvalue weighted by Crippen LogP contribution is 2.15. The molecule has 0 aromatic carbocycles. The molecule has 0 radical (unpaired) electrons. The molecule has 3 N–H and O–H groups in total. The van der Waals surface area contributed by atoms with E-state index in [1.54, 1.807) is 12.4 Å². The molecule has 0 fully saturated rings. The van der Waals surface area contributed by atoms with E-state index >= 15 is 0 Å². The fourth-order valence-electron chi connectivity index (χ4n) is 1.75. The van der Waals surface area contributed by atoms with Crippen LogP contribution in [-0.2, 0) is 10.5 Å². The number of carboxylic acid groups (broad SMARTS) is 1. The standard InChI is InChI=1S/C15H15N3O4S/c19-12-2-1-5-17-13(12)14(20)18-11(15(21)22)9-23-8-10-3-6-16-7-4-10/h1-7,11,19H,8-9H2,(H,18,20)(H,21,22). The second-order valence-electron chi connectivity index (χ2n) is 4.61. The Hall–Kier alpha value is -2.61. The third-order valence-corrected chi connectivity index (χ3v) is 4.01. The molecule has 0 spiro atoms. The molecule has 7 nitrogen and oxygen atoms in total. The number of aromatic nitrogens is 2. The quantitative estimate of drug-likeness (QED) is 0.700. The molecule has 0 bridgehead atoms. The van der Waals surface area contributed by atoms with E-state index in [0.29, 0.717) is 5.75 Å². The highest BCUT2D eigenvalue weighted by molar-refractivity contribution is 7.98. The van der Waals surface area contributed by atoms with E-state index in [2.05, 4.69) is 15.3 Å². The number of rotatable bonds is 7. The van der Waals surface area contributed by atoms with Crippen molar-refractivity contribution in [2.75, 3.05) is 5.75 Å². The zero-order valence-corrected chi connectivity index (χ0v) is 12.9. The molecule has 2 rings (SSSR count). The molecular formula is C15H15N3O4S. The average Bonchev–Trinajstić information content (AvgIpc) is 2.55. The van der Waals surface area contributed by atoms with E-state index in [1.807, 2.05) is 12.1 Å². The summed E-state index contributed by atoms with van der Waals surface area (Å²) in [4.78, 5) is 30.9. The lowest BCUT2D eigenvalue weighted by molar-refractivity contribution is -0.138. The highest BCUT2D eigenvalue weighted by Gasteiger charge is 2.22. The highest BCUT2D eigenvalue weighted by atomic mass is 32.2. The number of nitrogens with zero attached hydrogens (tertiary/aromatic N) is 2. The number of nitrogens with one attached hydrogen (secondary N) is 1. The van der Waals surface area contributed by atoms with Gasteiger partial charge in [0.15, 0.2) is 5.69 Å². The van der Waals surface area contributed by atoms with Crippen LogP contribution in [0.5, 0.6) is 5.75 Å². The van der Waals surface area contributed by atoms with Crippen LogP contribution in [0.1, 0.15) is 16.1 Å². The number of carbonyl (C=O) groups is 2. The molecule has 0 saturated carbocycles. The number of thioether (sulfide) groups is 1. The molecule has 1 unspecified atom stereocenters. The summed E-state index contributed by atoms with van der Waals surface area (Å²) >= 11 is 1.38. The summed E-state index contributed by atoms with van der Waals surface area (Å²) in [6.45, 7) is 0. The molecular weight excluding hydrogens is 318 g/mol. The minimum Gasteiger partial charge on any atom is -0.505 e. The first-order chi connectivity index (χ1) is 11.1. The van der Waals surface area contributed by atoms with E-state index < -0.39 is 17.9 Å². The Labute approximate surface area is 136 Å². The second-order valence-corrected chi connectivity index (χ2v) is 5.64. The van der Waals surface area contributed by atoms with Crippen LogP contribution in [0.4, 0.5) is 0 Å². The fourth-order valence-corrected chi connectivity index (χ4v) is 2.75. The lowest BCUT2D eigenvalue weighted by Gasteiger charge is -2.14. The van der Waals surface area contributed by atoms with E-state index in [0.717, 1.165) is 5.56 Å². The van der Waals surface area contributed by atoms with Crippen molar-refractivity contribution in [3.63, 3.8) is 0 Å². The van der Waals surface area contributed by atoms with Crippen molar-refractivity contribution >= 4 is 23.6 Å². The van der Waals surface area contributed by atoms with E-state index in [1.165, 1.54) is 30.1 Å². The molecule has 2 heterocycles. The van der Waals surface area contributed by atoms with Gasteiger partial charge in [0.1, 0.15) is 11.8 Å². The van der Waals surface area contributed by atoms with Gasteiger partial charge >= 0.3 is 5.97 Å². The zero-order chi connectivity index (χ0) is 16.7. The number of aromatic hydroxyl groups is 1. The molecule has 2 aromatic rings. The first-order valence-electron chi connectivity index (χ1n) is 6.72. The third kappa shape index (κ3) is 4.96. The third-order valence-electron chi connectivity index (χ3n) is 2.91. The van der Waals surface area contributed by atoms with Crippen LogP contribution < -0.4 is 5.32 Å². The smallest absolute Gasteiger partial charge is 0.327 e. The Morgan fingerprint density at radius 3 is 2.61 bits per heavy atom. The number of pyridine rings is 2. The molecule has 1 atom stereocenters. The Kier molecular flexibility index (Phi) is 5.93. The van der Waals surface area contributed by atoms with Crippen molar-refractivity contribution in [2.24, 2.45) is 0 Å². The maximum Gasteiger partial charge on any atom is 0.327 e. The Morgan fingerprint density at radius 1 is 1.22 bits per heavy atom. The number of aliphatic carboxylic acids is 1. The average molecular weight is 333 g/mol. The van der Waals surface area contributed by atoms with Gasteiger partial charge in [0.25, 0.3) is 5.91 Å². The van der Waals surface area contributed by atoms with Gasteiger partial charge < -0.3 is 15.5 Å². The molecule has 8 heteroatoms. The topological polar surface area (TPSA) is 112 Å². The van der Waals surface area contributed by atoms with Crippen LogP contribution in [0.15, 0.2) is 42.9 Å². The summed E-state index contributed by atoms with van der Waals surface area (Å²) < 4.78 is 0. The number of carbonyl (C=O) groups excluding carboxylic acids is 1. The van der Waals surface area contributed by atoms with Gasteiger partial charge in [0, 0.05) is 30.1 Å². The van der Waals surface area contributed by atoms with Crippen molar-refractivity contribution in [1.82, 2.24) is 15.3 Å². The summed E-state index contributed by atoms with van der Waals surface area (Å²) in [5.74, 6) is -1.36. The van der Waals surface area contributed by atoms with Gasteiger partial charge in [-0.25, -0.2) is 9.78 Å². The Bertz CT molecular complexity index is 681. The van der Waals surface area contributed by atoms with E-state index in [4.69, 9.17) is 0 Å². The monoisotopic (exact) mass is 333 g/mol. The molecule has 0 aliphatic heterocycles. The van der Waals surface area contributed by atoms with Crippen molar-refractivity contribution in [2.45, 2.75) is 11.8 Å². The SMILES string of the molecule is O=C(NC(CSCc1ccncc1)C(=O)O)c1ncccc1O. The van der Waals surface area contributed by atoms with Crippen LogP contribution in [0.3, 0.4) is 0 Å². The number of carboxylic acids is 1. The second kappa shape index (κ2) is 8.14. The maximum atomic E-state index is 12.0. The minimum atomic E-state index is -1.14. The Balaban J connectivity index is 1.92. The molecule has 0 aliphatic carbocycles. The molecule has 2 aromatic heterocycles. The predicted molar refractivity (Wildman–Crippen MR) is 85.2 cm³/mol. The van der Waals surface area contributed by atoms with Crippen LogP contribution >= 0.6 is 11.8 Å². The number of amides is 1. The van der Waals surface area contributed by atoms with E-state index in [-0.39, 0.29) is 17.2 Å². The summed E-state index contributed by atoms with van der Waals surface area (Å²) in [6.07, 6.45) is 4.68. The number of hydrogen-bond acceptors (Lipinski definition) is 6. The molecule has 23 heavy (non-hydrogen) atoms. The Morgan fingerprint density at radius 2 is 1.96 bits per heavy atom. The summed E-state index contributed by atoms with van der Waals surface area (Å²) in [6, 6.07) is 5.40. The molecule has 1 amide bonds. The van der Waals surface area contributed by atoms with Crippen molar-refractivity contribution in [1.29, 1.82) is 0 Å². The molecule has 0 saturated heterocycles. The van der Waals surface area contributed by atoms with Gasteiger partial charge in [-0.15, -0.1) is 0 Å². The van der Waals surface area contributed by atoms with Crippen LogP contribution in [0.25, 0.3) is 0 Å². The predicted octanol–water partition coefficient (Wildman–Crippen LogP) is 1.30. The lowest BCUT2D eigenvalue weighted by Crippen LogP contribution is -2.42. The van der Waals surface area contributed by atoms with Gasteiger partial charge in [-0.2, -0.15) is 11.8 Å². The normalized spacial score (nSPS) is 11.7. The summed E-state index contributed by atoms with van der Waals surface area (Å²) in [5.41, 5.74) is 0.820. The number of hydrogen-bond donors (Lipinski definition) is 3. The summed E-state index contributed by atoms with van der Waals surface area (Å²) in [5, 5.41) is 21.2. The van der Waals surface area contributed by atoms with Gasteiger partial charge in [-0.1, -0.05) is 0 Å². The molecule has 120 valence electrons. The first-order valence-corrected chi connectivity index (χ1v) is 7.87. The van der Waals surface area contributed by atoms with Crippen LogP contribution in [0, 0.1) is 0 Å². The van der Waals surface area contributed by atoms with Gasteiger partial charge in [-0.05, 0) is 29.8 Å². The lowest BCUT2D eigenvalue weighted by atomic mass is 10.2. The van der Waals surface area contributed by atoms with E-state index in [9.17, 15) is 19.8 Å². The van der Waals surface area contributed by atoms with Crippen molar-refractivity contribution < 1.29 is 19.8 Å². The van der Waals surface area contributed by atoms with Crippen molar-refractivity contribution in [3.05, 3.63) is 54.1 Å². The fraction of sp³-hybridized carbons (Fsp3) is 0.200.